The van der Waals surface area contributed by atoms with E-state index in [2.05, 4.69) is 0 Å². The highest BCUT2D eigenvalue weighted by molar-refractivity contribution is 5.82. The molecule has 0 aromatic heterocycles. The standard InChI is InChI=1S/C24H29NO6/c1-24(2,3)31-19-12-10-18(11-13-19)30-20-14-21(22(26)28-4)25(15-20)23(27)29-16-17-8-6-5-7-9-17/h5-13,20-21H,14-16H2,1-4H3/t20?,21-/m0/s1. The number of likely N-dealkylation sites (tertiary alicyclic amines) is 1. The number of hydrogen-bond donors (Lipinski definition) is 0. The Kier molecular flexibility index (Phi) is 7.05. The van der Waals surface area contributed by atoms with Gasteiger partial charge >= 0.3 is 12.1 Å². The Hall–Kier alpha value is -3.22. The average molecular weight is 427 g/mol. The molecule has 2 atom stereocenters. The van der Waals surface area contributed by atoms with E-state index in [1.54, 1.807) is 0 Å². The fourth-order valence-electron chi connectivity index (χ4n) is 3.38. The summed E-state index contributed by atoms with van der Waals surface area (Å²) >= 11 is 0. The second-order valence-electron chi connectivity index (χ2n) is 8.39. The minimum Gasteiger partial charge on any atom is -0.488 e. The van der Waals surface area contributed by atoms with Crippen molar-refractivity contribution in [3.8, 4) is 11.5 Å². The van der Waals surface area contributed by atoms with Crippen LogP contribution in [-0.4, -0.2) is 48.4 Å². The molecule has 3 rings (SSSR count). The van der Waals surface area contributed by atoms with Gasteiger partial charge in [0.1, 0.15) is 35.9 Å². The van der Waals surface area contributed by atoms with Gasteiger partial charge in [-0.15, -0.1) is 0 Å². The molecule has 166 valence electrons. The van der Waals surface area contributed by atoms with E-state index in [1.165, 1.54) is 12.0 Å². The van der Waals surface area contributed by atoms with Crippen LogP contribution in [0.4, 0.5) is 4.79 Å². The maximum Gasteiger partial charge on any atom is 0.410 e. The molecule has 2 aromatic carbocycles. The van der Waals surface area contributed by atoms with Crippen molar-refractivity contribution in [1.82, 2.24) is 4.90 Å². The topological polar surface area (TPSA) is 74.3 Å². The molecule has 1 heterocycles. The zero-order valence-corrected chi connectivity index (χ0v) is 18.4. The molecular weight excluding hydrogens is 398 g/mol. The number of carbonyl (C=O) groups excluding carboxylic acids is 2. The maximum absolute atomic E-state index is 12.6. The number of esters is 1. The van der Waals surface area contributed by atoms with E-state index in [0.29, 0.717) is 12.2 Å². The zero-order valence-electron chi connectivity index (χ0n) is 18.4. The van der Waals surface area contributed by atoms with Crippen molar-refractivity contribution >= 4 is 12.1 Å². The first-order valence-corrected chi connectivity index (χ1v) is 10.3. The molecule has 0 aliphatic carbocycles. The molecule has 7 nitrogen and oxygen atoms in total. The van der Waals surface area contributed by atoms with Gasteiger partial charge in [0.25, 0.3) is 0 Å². The molecule has 1 amide bonds. The van der Waals surface area contributed by atoms with Gasteiger partial charge in [0.15, 0.2) is 0 Å². The second kappa shape index (κ2) is 9.73. The normalized spacial score (nSPS) is 18.4. The van der Waals surface area contributed by atoms with Crippen LogP contribution in [0.1, 0.15) is 32.8 Å². The zero-order chi connectivity index (χ0) is 22.4. The van der Waals surface area contributed by atoms with E-state index in [4.69, 9.17) is 18.9 Å². The average Bonchev–Trinajstić information content (AvgIpc) is 3.16. The van der Waals surface area contributed by atoms with Gasteiger partial charge in [-0.25, -0.2) is 9.59 Å². The lowest BCUT2D eigenvalue weighted by atomic mass is 10.2. The van der Waals surface area contributed by atoms with E-state index in [-0.39, 0.29) is 24.9 Å². The highest BCUT2D eigenvalue weighted by Gasteiger charge is 2.42. The van der Waals surface area contributed by atoms with Gasteiger partial charge in [-0.1, -0.05) is 30.3 Å². The monoisotopic (exact) mass is 427 g/mol. The van der Waals surface area contributed by atoms with Gasteiger partial charge in [-0.2, -0.15) is 0 Å². The number of hydrogen-bond acceptors (Lipinski definition) is 6. The molecule has 0 saturated carbocycles. The number of carbonyl (C=O) groups is 2. The van der Waals surface area contributed by atoms with E-state index in [9.17, 15) is 9.59 Å². The highest BCUT2D eigenvalue weighted by Crippen LogP contribution is 2.27. The van der Waals surface area contributed by atoms with Crippen LogP contribution >= 0.6 is 0 Å². The first kappa shape index (κ1) is 22.5. The fraction of sp³-hybridized carbons (Fsp3) is 0.417. The number of amides is 1. The van der Waals surface area contributed by atoms with Gasteiger partial charge < -0.3 is 18.9 Å². The minimum absolute atomic E-state index is 0.130. The summed E-state index contributed by atoms with van der Waals surface area (Å²) in [4.78, 5) is 26.3. The smallest absolute Gasteiger partial charge is 0.410 e. The number of rotatable bonds is 6. The molecule has 1 unspecified atom stereocenters. The quantitative estimate of drug-likeness (QED) is 0.644. The van der Waals surface area contributed by atoms with Crippen LogP contribution in [0.15, 0.2) is 54.6 Å². The maximum atomic E-state index is 12.6. The van der Waals surface area contributed by atoms with Gasteiger partial charge in [0, 0.05) is 6.42 Å². The summed E-state index contributed by atoms with van der Waals surface area (Å²) < 4.78 is 22.1. The van der Waals surface area contributed by atoms with Gasteiger partial charge in [-0.05, 0) is 50.6 Å². The van der Waals surface area contributed by atoms with Crippen LogP contribution in [0.5, 0.6) is 11.5 Å². The Bertz CT molecular complexity index is 875. The van der Waals surface area contributed by atoms with Gasteiger partial charge in [0.05, 0.1) is 13.7 Å². The van der Waals surface area contributed by atoms with Crippen LogP contribution in [0.25, 0.3) is 0 Å². The third kappa shape index (κ3) is 6.38. The van der Waals surface area contributed by atoms with Crippen molar-refractivity contribution in [2.75, 3.05) is 13.7 Å². The Morgan fingerprint density at radius 3 is 2.26 bits per heavy atom. The molecule has 31 heavy (non-hydrogen) atoms. The lowest BCUT2D eigenvalue weighted by molar-refractivity contribution is -0.145. The Morgan fingerprint density at radius 2 is 1.65 bits per heavy atom. The SMILES string of the molecule is COC(=O)[C@@H]1CC(Oc2ccc(OC(C)(C)C)cc2)CN1C(=O)OCc1ccccc1. The summed E-state index contributed by atoms with van der Waals surface area (Å²) in [5.41, 5.74) is 0.581. The van der Waals surface area contributed by atoms with E-state index < -0.39 is 18.1 Å². The van der Waals surface area contributed by atoms with Crippen LogP contribution in [0, 0.1) is 0 Å². The molecule has 7 heteroatoms. The lowest BCUT2D eigenvalue weighted by Crippen LogP contribution is -2.41. The number of methoxy groups -OCH3 is 1. The van der Waals surface area contributed by atoms with E-state index in [0.717, 1.165) is 11.3 Å². The summed E-state index contributed by atoms with van der Waals surface area (Å²) in [6.45, 7) is 6.30. The molecule has 0 bridgehead atoms. The summed E-state index contributed by atoms with van der Waals surface area (Å²) in [7, 11) is 1.30. The summed E-state index contributed by atoms with van der Waals surface area (Å²) in [5, 5.41) is 0. The Labute approximate surface area is 182 Å². The number of ether oxygens (including phenoxy) is 4. The third-order valence-electron chi connectivity index (χ3n) is 4.73. The largest absolute Gasteiger partial charge is 0.488 e. The molecule has 2 aromatic rings. The first-order chi connectivity index (χ1) is 14.7. The predicted molar refractivity (Wildman–Crippen MR) is 115 cm³/mol. The van der Waals surface area contributed by atoms with E-state index in [1.807, 2.05) is 75.4 Å². The van der Waals surface area contributed by atoms with Crippen LogP contribution in [-0.2, 0) is 20.9 Å². The second-order valence-corrected chi connectivity index (χ2v) is 8.39. The minimum atomic E-state index is -0.748. The number of nitrogens with zero attached hydrogens (tertiary/aromatic N) is 1. The highest BCUT2D eigenvalue weighted by atomic mass is 16.6. The van der Waals surface area contributed by atoms with Crippen LogP contribution < -0.4 is 9.47 Å². The summed E-state index contributed by atoms with van der Waals surface area (Å²) in [5.74, 6) is 0.885. The fourth-order valence-corrected chi connectivity index (χ4v) is 3.38. The molecule has 1 aliphatic heterocycles. The van der Waals surface area contributed by atoms with Crippen molar-refractivity contribution in [2.45, 2.75) is 51.5 Å². The van der Waals surface area contributed by atoms with Crippen molar-refractivity contribution in [3.63, 3.8) is 0 Å². The predicted octanol–water partition coefficient (Wildman–Crippen LogP) is 4.20. The van der Waals surface area contributed by atoms with Crippen LogP contribution in [0.3, 0.4) is 0 Å². The summed E-state index contributed by atoms with van der Waals surface area (Å²) in [6.07, 6.45) is -0.602. The summed E-state index contributed by atoms with van der Waals surface area (Å²) in [6, 6.07) is 15.9. The number of benzene rings is 2. The molecule has 1 fully saturated rings. The van der Waals surface area contributed by atoms with E-state index >= 15 is 0 Å². The molecule has 0 N–H and O–H groups in total. The molecular formula is C24H29NO6. The third-order valence-corrected chi connectivity index (χ3v) is 4.73. The Balaban J connectivity index is 1.62. The molecule has 1 aliphatic rings. The Morgan fingerprint density at radius 1 is 1.00 bits per heavy atom. The van der Waals surface area contributed by atoms with Gasteiger partial charge in [0.2, 0.25) is 0 Å². The van der Waals surface area contributed by atoms with Crippen molar-refractivity contribution in [2.24, 2.45) is 0 Å². The van der Waals surface area contributed by atoms with Crippen LogP contribution in [0.2, 0.25) is 0 Å². The lowest BCUT2D eigenvalue weighted by Gasteiger charge is -2.22. The molecule has 1 saturated heterocycles. The van der Waals surface area contributed by atoms with Crippen molar-refractivity contribution < 1.29 is 28.5 Å². The van der Waals surface area contributed by atoms with Gasteiger partial charge in [-0.3, -0.25) is 4.90 Å². The van der Waals surface area contributed by atoms with Crippen molar-refractivity contribution in [3.05, 3.63) is 60.2 Å². The molecule has 0 radical (unpaired) electrons. The molecule has 0 spiro atoms. The first-order valence-electron chi connectivity index (χ1n) is 10.3. The van der Waals surface area contributed by atoms with Crippen molar-refractivity contribution in [1.29, 1.82) is 0 Å².